The van der Waals surface area contributed by atoms with E-state index in [0.717, 1.165) is 69.2 Å². The number of halogens is 1. The van der Waals surface area contributed by atoms with E-state index in [-0.39, 0.29) is 11.9 Å². The van der Waals surface area contributed by atoms with E-state index in [0.29, 0.717) is 24.1 Å². The second-order valence-electron chi connectivity index (χ2n) is 8.97. The molecule has 188 valence electrons. The molecule has 3 aromatic rings. The van der Waals surface area contributed by atoms with Gasteiger partial charge in [-0.15, -0.1) is 0 Å². The summed E-state index contributed by atoms with van der Waals surface area (Å²) >= 11 is 0. The van der Waals surface area contributed by atoms with Gasteiger partial charge < -0.3 is 19.4 Å². The van der Waals surface area contributed by atoms with Crippen molar-refractivity contribution in [1.29, 1.82) is 5.41 Å². The molecule has 8 nitrogen and oxygen atoms in total. The number of rotatable bonds is 8. The summed E-state index contributed by atoms with van der Waals surface area (Å²) in [5, 5.41) is 8.57. The molecule has 2 saturated heterocycles. The molecule has 2 aliphatic heterocycles. The van der Waals surface area contributed by atoms with E-state index in [1.54, 1.807) is 30.5 Å². The quantitative estimate of drug-likeness (QED) is 0.364. The first-order valence-corrected chi connectivity index (χ1v) is 12.4. The minimum absolute atomic E-state index is 0.0141. The Morgan fingerprint density at radius 2 is 2.06 bits per heavy atom. The Bertz CT molecular complexity index is 1210. The lowest BCUT2D eigenvalue weighted by Crippen LogP contribution is -2.38. The molecule has 2 fully saturated rings. The number of pyridine rings is 1. The van der Waals surface area contributed by atoms with Gasteiger partial charge in [-0.05, 0) is 48.8 Å². The van der Waals surface area contributed by atoms with Crippen LogP contribution in [0.5, 0.6) is 5.88 Å². The number of aromatic nitrogens is 3. The number of hydrogen-bond donors (Lipinski definition) is 2. The Morgan fingerprint density at radius 1 is 1.19 bits per heavy atom. The Morgan fingerprint density at radius 3 is 2.92 bits per heavy atom. The van der Waals surface area contributed by atoms with Crippen LogP contribution in [0, 0.1) is 11.2 Å². The van der Waals surface area contributed by atoms with Crippen molar-refractivity contribution in [1.82, 2.24) is 24.8 Å². The number of morpholine rings is 1. The number of likely N-dealkylation sites (tertiary alicyclic amines) is 1. The highest BCUT2D eigenvalue weighted by molar-refractivity contribution is 5.94. The summed E-state index contributed by atoms with van der Waals surface area (Å²) in [5.74, 6) is 1.35. The van der Waals surface area contributed by atoms with Gasteiger partial charge in [-0.1, -0.05) is 18.2 Å². The minimum atomic E-state index is -0.246. The zero-order chi connectivity index (χ0) is 24.7. The summed E-state index contributed by atoms with van der Waals surface area (Å²) in [4.78, 5) is 16.6. The molecule has 2 aromatic heterocycles. The number of benzene rings is 1. The Labute approximate surface area is 210 Å². The van der Waals surface area contributed by atoms with Crippen LogP contribution >= 0.6 is 0 Å². The maximum atomic E-state index is 13.7. The average molecular weight is 491 g/mol. The molecule has 4 heterocycles. The predicted molar refractivity (Wildman–Crippen MR) is 136 cm³/mol. The van der Waals surface area contributed by atoms with Crippen LogP contribution < -0.4 is 4.74 Å². The number of nitrogens with one attached hydrogen (secondary N) is 2. The van der Waals surface area contributed by atoms with Gasteiger partial charge in [0.15, 0.2) is 0 Å². The van der Waals surface area contributed by atoms with Crippen molar-refractivity contribution in [2.24, 2.45) is 0 Å². The maximum absolute atomic E-state index is 13.7. The first kappa shape index (κ1) is 24.1. The van der Waals surface area contributed by atoms with Crippen molar-refractivity contribution in [3.05, 3.63) is 71.9 Å². The fourth-order valence-electron chi connectivity index (χ4n) is 4.67. The van der Waals surface area contributed by atoms with E-state index in [2.05, 4.69) is 19.9 Å². The van der Waals surface area contributed by atoms with Gasteiger partial charge in [0.25, 0.3) is 0 Å². The zero-order valence-electron chi connectivity index (χ0n) is 20.2. The van der Waals surface area contributed by atoms with E-state index in [4.69, 9.17) is 14.9 Å². The van der Waals surface area contributed by atoms with Gasteiger partial charge >= 0.3 is 0 Å². The van der Waals surface area contributed by atoms with Crippen LogP contribution in [0.25, 0.3) is 17.5 Å². The fourth-order valence-corrected chi connectivity index (χ4v) is 4.67. The van der Waals surface area contributed by atoms with Crippen molar-refractivity contribution >= 4 is 11.9 Å². The highest BCUT2D eigenvalue weighted by Crippen LogP contribution is 2.32. The molecule has 2 aliphatic rings. The standard InChI is InChI=1S/C27H31FN6O2/c28-21-5-1-4-20(18-21)24-7-3-11-34(24)25(29)9-10-26-30-19-23(31-26)22-6-2-8-27(32-22)36-17-14-33-12-15-35-16-13-33/h1-2,4-6,8-10,18-19,24,29H,3,7,11-17H2,(H,30,31)/b10-9-,29-25?. The highest BCUT2D eigenvalue weighted by atomic mass is 19.1. The van der Waals surface area contributed by atoms with Crippen LogP contribution in [-0.2, 0) is 4.74 Å². The number of amidine groups is 1. The molecule has 36 heavy (non-hydrogen) atoms. The monoisotopic (exact) mass is 490 g/mol. The van der Waals surface area contributed by atoms with Crippen LogP contribution in [-0.4, -0.2) is 76.6 Å². The van der Waals surface area contributed by atoms with Gasteiger partial charge in [0.05, 0.1) is 36.8 Å². The molecule has 2 N–H and O–H groups in total. The van der Waals surface area contributed by atoms with E-state index < -0.39 is 0 Å². The number of nitrogens with zero attached hydrogens (tertiary/aromatic N) is 4. The molecular weight excluding hydrogens is 459 g/mol. The Kier molecular flexibility index (Phi) is 7.68. The molecule has 9 heteroatoms. The predicted octanol–water partition coefficient (Wildman–Crippen LogP) is 4.15. The van der Waals surface area contributed by atoms with Crippen LogP contribution in [0.4, 0.5) is 4.39 Å². The minimum Gasteiger partial charge on any atom is -0.476 e. The summed E-state index contributed by atoms with van der Waals surface area (Å²) in [5.41, 5.74) is 2.43. The molecule has 0 radical (unpaired) electrons. The summed E-state index contributed by atoms with van der Waals surface area (Å²) in [6, 6.07) is 12.4. The third-order valence-corrected chi connectivity index (χ3v) is 6.55. The number of imidazole rings is 1. The number of ether oxygens (including phenoxy) is 2. The molecule has 0 spiro atoms. The van der Waals surface area contributed by atoms with Crippen LogP contribution in [0.3, 0.4) is 0 Å². The molecular formula is C27H31FN6O2. The molecule has 5 rings (SSSR count). The second kappa shape index (κ2) is 11.5. The van der Waals surface area contributed by atoms with E-state index in [1.165, 1.54) is 6.07 Å². The van der Waals surface area contributed by atoms with Crippen molar-refractivity contribution in [2.75, 3.05) is 46.0 Å². The van der Waals surface area contributed by atoms with Gasteiger partial charge in [-0.2, -0.15) is 0 Å². The molecule has 0 saturated carbocycles. The van der Waals surface area contributed by atoms with Gasteiger partial charge in [-0.25, -0.2) is 14.4 Å². The van der Waals surface area contributed by atoms with Crippen molar-refractivity contribution in [2.45, 2.75) is 18.9 Å². The topological polar surface area (TPSA) is 90.4 Å². The van der Waals surface area contributed by atoms with Gasteiger partial charge in [0, 0.05) is 32.2 Å². The number of aromatic amines is 1. The van der Waals surface area contributed by atoms with Crippen LogP contribution in [0.15, 0.2) is 54.7 Å². The first-order chi connectivity index (χ1) is 17.7. The zero-order valence-corrected chi connectivity index (χ0v) is 20.2. The summed E-state index contributed by atoms with van der Waals surface area (Å²) in [7, 11) is 0. The molecule has 1 aromatic carbocycles. The number of H-pyrrole nitrogens is 1. The fraction of sp³-hybridized carbons (Fsp3) is 0.370. The molecule has 1 unspecified atom stereocenters. The van der Waals surface area contributed by atoms with Gasteiger partial charge in [-0.3, -0.25) is 10.3 Å². The molecule has 1 atom stereocenters. The summed E-state index contributed by atoms with van der Waals surface area (Å²) < 4.78 is 25.0. The molecule has 0 amide bonds. The van der Waals surface area contributed by atoms with Crippen LogP contribution in [0.2, 0.25) is 0 Å². The Balaban J connectivity index is 1.19. The second-order valence-corrected chi connectivity index (χ2v) is 8.97. The summed E-state index contributed by atoms with van der Waals surface area (Å²) in [6.07, 6.45) is 7.13. The van der Waals surface area contributed by atoms with E-state index in [1.807, 2.05) is 29.2 Å². The normalized spacial score (nSPS) is 18.7. The van der Waals surface area contributed by atoms with Gasteiger partial charge in [0.2, 0.25) is 5.88 Å². The summed E-state index contributed by atoms with van der Waals surface area (Å²) in [6.45, 7) is 5.60. The van der Waals surface area contributed by atoms with Crippen molar-refractivity contribution < 1.29 is 13.9 Å². The smallest absolute Gasteiger partial charge is 0.213 e. The largest absolute Gasteiger partial charge is 0.476 e. The molecule has 0 bridgehead atoms. The van der Waals surface area contributed by atoms with Crippen molar-refractivity contribution in [3.63, 3.8) is 0 Å². The van der Waals surface area contributed by atoms with E-state index in [9.17, 15) is 4.39 Å². The average Bonchev–Trinajstić information content (AvgIpc) is 3.59. The highest BCUT2D eigenvalue weighted by Gasteiger charge is 2.27. The Hall–Kier alpha value is -3.56. The third kappa shape index (κ3) is 5.98. The van der Waals surface area contributed by atoms with E-state index >= 15 is 0 Å². The maximum Gasteiger partial charge on any atom is 0.213 e. The lowest BCUT2D eigenvalue weighted by atomic mass is 10.0. The SMILES string of the molecule is N=C(/C=C\c1ncc(-c2cccc(OCCN3CCOCC3)n2)[nH]1)N1CCCC1c1cccc(F)c1. The molecule has 0 aliphatic carbocycles. The van der Waals surface area contributed by atoms with Gasteiger partial charge in [0.1, 0.15) is 24.1 Å². The first-order valence-electron chi connectivity index (χ1n) is 12.4. The third-order valence-electron chi connectivity index (χ3n) is 6.55. The van der Waals surface area contributed by atoms with Crippen LogP contribution in [0.1, 0.15) is 30.3 Å². The number of hydrogen-bond acceptors (Lipinski definition) is 6. The van der Waals surface area contributed by atoms with Crippen molar-refractivity contribution in [3.8, 4) is 17.3 Å². The lowest BCUT2D eigenvalue weighted by Gasteiger charge is -2.26. The lowest BCUT2D eigenvalue weighted by molar-refractivity contribution is 0.0320.